The molecule has 22 heavy (non-hydrogen) atoms. The van der Waals surface area contributed by atoms with Gasteiger partial charge in [0.25, 0.3) is 0 Å². The Bertz CT molecular complexity index is 532. The summed E-state index contributed by atoms with van der Waals surface area (Å²) in [7, 11) is 0. The largest absolute Gasteiger partial charge is 0.369 e. The summed E-state index contributed by atoms with van der Waals surface area (Å²) in [4.78, 5) is 26.0. The van der Waals surface area contributed by atoms with Crippen molar-refractivity contribution in [3.05, 3.63) is 35.9 Å². The van der Waals surface area contributed by atoms with E-state index in [1.165, 1.54) is 0 Å². The van der Waals surface area contributed by atoms with Crippen molar-refractivity contribution in [2.75, 3.05) is 6.54 Å². The van der Waals surface area contributed by atoms with Crippen molar-refractivity contribution in [3.63, 3.8) is 0 Å². The lowest BCUT2D eigenvalue weighted by molar-refractivity contribution is -0.141. The maximum atomic E-state index is 12.8. The van der Waals surface area contributed by atoms with Crippen molar-refractivity contribution >= 4 is 11.8 Å². The summed E-state index contributed by atoms with van der Waals surface area (Å²) in [6.07, 6.45) is 1.55. The number of nitrogens with zero attached hydrogens (tertiary/aromatic N) is 1. The van der Waals surface area contributed by atoms with E-state index < -0.39 is 0 Å². The molecule has 1 saturated heterocycles. The third-order valence-corrected chi connectivity index (χ3v) is 4.68. The van der Waals surface area contributed by atoms with Crippen LogP contribution in [0.5, 0.6) is 0 Å². The van der Waals surface area contributed by atoms with E-state index in [1.54, 1.807) is 4.90 Å². The fourth-order valence-electron chi connectivity index (χ4n) is 3.03. The maximum absolute atomic E-state index is 12.8. The van der Waals surface area contributed by atoms with E-state index in [0.717, 1.165) is 18.4 Å². The first-order valence-electron chi connectivity index (χ1n) is 7.82. The smallest absolute Gasteiger partial charge is 0.227 e. The van der Waals surface area contributed by atoms with E-state index in [0.29, 0.717) is 6.54 Å². The lowest BCUT2D eigenvalue weighted by atomic mass is 9.89. The minimum Gasteiger partial charge on any atom is -0.369 e. The average molecular weight is 303 g/mol. The van der Waals surface area contributed by atoms with Gasteiger partial charge in [-0.15, -0.1) is 0 Å². The highest BCUT2D eigenvalue weighted by Crippen LogP contribution is 2.27. The third-order valence-electron chi connectivity index (χ3n) is 4.68. The van der Waals surface area contributed by atoms with Crippen molar-refractivity contribution in [3.8, 4) is 0 Å². The number of hydrogen-bond acceptors (Lipinski definition) is 3. The van der Waals surface area contributed by atoms with Gasteiger partial charge in [-0.05, 0) is 25.3 Å². The number of piperidine rings is 1. The molecule has 0 bridgehead atoms. The Morgan fingerprint density at radius 3 is 2.45 bits per heavy atom. The summed E-state index contributed by atoms with van der Waals surface area (Å²) < 4.78 is 0. The highest BCUT2D eigenvalue weighted by molar-refractivity contribution is 5.82. The number of hydrogen-bond donors (Lipinski definition) is 2. The molecule has 0 unspecified atom stereocenters. The van der Waals surface area contributed by atoms with Crippen LogP contribution < -0.4 is 11.5 Å². The normalized spacial score (nSPS) is 24.6. The Hall–Kier alpha value is -1.88. The molecule has 2 amide bonds. The van der Waals surface area contributed by atoms with E-state index >= 15 is 0 Å². The summed E-state index contributed by atoms with van der Waals surface area (Å²) in [6.45, 7) is 4.26. The van der Waals surface area contributed by atoms with E-state index in [9.17, 15) is 9.59 Å². The zero-order valence-electron chi connectivity index (χ0n) is 13.2. The molecule has 0 spiro atoms. The van der Waals surface area contributed by atoms with Gasteiger partial charge >= 0.3 is 0 Å². The number of likely N-dealkylation sites (tertiary alicyclic amines) is 1. The molecule has 1 aromatic rings. The average Bonchev–Trinajstić information content (AvgIpc) is 2.53. The number of amides is 2. The van der Waals surface area contributed by atoms with Crippen molar-refractivity contribution in [1.82, 2.24) is 4.90 Å². The van der Waals surface area contributed by atoms with Gasteiger partial charge in [-0.3, -0.25) is 9.59 Å². The second kappa shape index (κ2) is 6.92. The Labute approximate surface area is 131 Å². The summed E-state index contributed by atoms with van der Waals surface area (Å²) >= 11 is 0. The molecular formula is C17H25N3O2. The van der Waals surface area contributed by atoms with Crippen LogP contribution in [-0.2, 0) is 9.59 Å². The van der Waals surface area contributed by atoms with Gasteiger partial charge in [-0.25, -0.2) is 0 Å². The van der Waals surface area contributed by atoms with Gasteiger partial charge < -0.3 is 16.4 Å². The topological polar surface area (TPSA) is 89.4 Å². The molecule has 4 atom stereocenters. The summed E-state index contributed by atoms with van der Waals surface area (Å²) in [5.41, 5.74) is 12.6. The fraction of sp³-hybridized carbons (Fsp3) is 0.529. The molecule has 5 heteroatoms. The van der Waals surface area contributed by atoms with Crippen LogP contribution in [0, 0.1) is 11.8 Å². The van der Waals surface area contributed by atoms with Crippen LogP contribution in [-0.4, -0.2) is 29.3 Å². The molecule has 0 saturated carbocycles. The number of primary amides is 1. The first-order valence-corrected chi connectivity index (χ1v) is 7.82. The van der Waals surface area contributed by atoms with Crippen molar-refractivity contribution in [1.29, 1.82) is 0 Å². The predicted octanol–water partition coefficient (Wildman–Crippen LogP) is 1.43. The quantitative estimate of drug-likeness (QED) is 0.882. The van der Waals surface area contributed by atoms with E-state index in [-0.39, 0.29) is 35.7 Å². The molecule has 2 rings (SSSR count). The van der Waals surface area contributed by atoms with Gasteiger partial charge in [0.2, 0.25) is 11.8 Å². The van der Waals surface area contributed by atoms with Crippen LogP contribution in [0.15, 0.2) is 30.3 Å². The molecule has 1 heterocycles. The van der Waals surface area contributed by atoms with Gasteiger partial charge in [-0.2, -0.15) is 0 Å². The molecule has 0 aliphatic carbocycles. The van der Waals surface area contributed by atoms with Crippen LogP contribution >= 0.6 is 0 Å². The number of carbonyl (C=O) groups excluding carboxylic acids is 2. The fourth-order valence-corrected chi connectivity index (χ4v) is 3.03. The van der Waals surface area contributed by atoms with E-state index in [4.69, 9.17) is 11.5 Å². The lowest BCUT2D eigenvalue weighted by Gasteiger charge is -2.39. The molecule has 1 aliphatic heterocycles. The predicted molar refractivity (Wildman–Crippen MR) is 85.6 cm³/mol. The Morgan fingerprint density at radius 1 is 1.23 bits per heavy atom. The third kappa shape index (κ3) is 3.47. The van der Waals surface area contributed by atoms with Gasteiger partial charge in [0, 0.05) is 18.6 Å². The number of rotatable bonds is 4. The van der Waals surface area contributed by atoms with Crippen molar-refractivity contribution in [2.45, 2.75) is 38.8 Å². The summed E-state index contributed by atoms with van der Waals surface area (Å²) in [5.74, 6) is -0.920. The first kappa shape index (κ1) is 16.5. The molecule has 0 radical (unpaired) electrons. The van der Waals surface area contributed by atoms with Crippen LogP contribution in [0.25, 0.3) is 0 Å². The molecule has 120 valence electrons. The molecule has 5 nitrogen and oxygen atoms in total. The Kier molecular flexibility index (Phi) is 5.19. The summed E-state index contributed by atoms with van der Waals surface area (Å²) in [6, 6.07) is 9.38. The van der Waals surface area contributed by atoms with E-state index in [2.05, 4.69) is 0 Å². The second-order valence-electron chi connectivity index (χ2n) is 6.24. The van der Waals surface area contributed by atoms with Gasteiger partial charge in [-0.1, -0.05) is 37.3 Å². The van der Waals surface area contributed by atoms with Crippen molar-refractivity contribution < 1.29 is 9.59 Å². The Morgan fingerprint density at radius 2 is 1.86 bits per heavy atom. The van der Waals surface area contributed by atoms with E-state index in [1.807, 2.05) is 44.2 Å². The standard InChI is InChI=1S/C17H25N3O2/c1-11-8-9-14(16(19)21)10-20(11)17(22)12(2)15(18)13-6-4-3-5-7-13/h3-7,11-12,14-15H,8-10,18H2,1-2H3,(H2,19,21)/t11-,12-,14+,15+/m0/s1. The highest BCUT2D eigenvalue weighted by atomic mass is 16.2. The number of carbonyl (C=O) groups is 2. The minimum absolute atomic E-state index is 0.00481. The molecule has 1 aliphatic rings. The maximum Gasteiger partial charge on any atom is 0.227 e. The van der Waals surface area contributed by atoms with Gasteiger partial charge in [0.05, 0.1) is 11.8 Å². The zero-order chi connectivity index (χ0) is 16.3. The number of nitrogens with two attached hydrogens (primary N) is 2. The molecule has 1 fully saturated rings. The minimum atomic E-state index is -0.352. The van der Waals surface area contributed by atoms with Crippen molar-refractivity contribution in [2.24, 2.45) is 23.3 Å². The first-order chi connectivity index (χ1) is 10.4. The monoisotopic (exact) mass is 303 g/mol. The van der Waals surface area contributed by atoms with Crippen LogP contribution in [0.3, 0.4) is 0 Å². The van der Waals surface area contributed by atoms with Crippen LogP contribution in [0.1, 0.15) is 38.3 Å². The summed E-state index contributed by atoms with van der Waals surface area (Å²) in [5, 5.41) is 0. The Balaban J connectivity index is 2.10. The zero-order valence-corrected chi connectivity index (χ0v) is 13.2. The van der Waals surface area contributed by atoms with Gasteiger partial charge in [0.1, 0.15) is 0 Å². The highest BCUT2D eigenvalue weighted by Gasteiger charge is 2.35. The lowest BCUT2D eigenvalue weighted by Crippen LogP contribution is -2.51. The molecule has 0 aromatic heterocycles. The SMILES string of the molecule is C[C@H](C(=O)N1C[C@H](C(N)=O)CC[C@@H]1C)[C@@H](N)c1ccccc1. The molecule has 4 N–H and O–H groups in total. The van der Waals surface area contributed by atoms with Gasteiger partial charge in [0.15, 0.2) is 0 Å². The number of benzene rings is 1. The second-order valence-corrected chi connectivity index (χ2v) is 6.24. The molecular weight excluding hydrogens is 278 g/mol. The van der Waals surface area contributed by atoms with Crippen LogP contribution in [0.4, 0.5) is 0 Å². The molecule has 1 aromatic carbocycles. The van der Waals surface area contributed by atoms with Crippen LogP contribution in [0.2, 0.25) is 0 Å².